The Morgan fingerprint density at radius 3 is 2.88 bits per heavy atom. The number of aromatic nitrogens is 3. The fraction of sp³-hybridized carbons (Fsp3) is 0.227. The SMILES string of the molecule is O=C(Nc1nccs1)[C@@H](c1cc(F)ccc1O)n1cc2cccc(N3CCOCC3)c2n1. The topological polar surface area (TPSA) is 92.5 Å². The van der Waals surface area contributed by atoms with E-state index in [0.29, 0.717) is 18.3 Å². The van der Waals surface area contributed by atoms with Crippen LogP contribution in [0.5, 0.6) is 5.75 Å². The molecule has 2 aromatic carbocycles. The lowest BCUT2D eigenvalue weighted by molar-refractivity contribution is -0.118. The van der Waals surface area contributed by atoms with Gasteiger partial charge in [-0.15, -0.1) is 11.3 Å². The van der Waals surface area contributed by atoms with Gasteiger partial charge in [0, 0.05) is 41.8 Å². The van der Waals surface area contributed by atoms with Crippen molar-refractivity contribution in [1.82, 2.24) is 14.8 Å². The van der Waals surface area contributed by atoms with Crippen LogP contribution in [-0.2, 0) is 9.53 Å². The number of carbonyl (C=O) groups excluding carboxylic acids is 1. The number of thiazole rings is 1. The van der Waals surface area contributed by atoms with Crippen LogP contribution in [0.25, 0.3) is 10.9 Å². The van der Waals surface area contributed by atoms with E-state index in [4.69, 9.17) is 9.84 Å². The molecule has 0 bridgehead atoms. The van der Waals surface area contributed by atoms with Gasteiger partial charge in [-0.1, -0.05) is 12.1 Å². The number of rotatable bonds is 5. The second-order valence-electron chi connectivity index (χ2n) is 7.36. The molecule has 2 aromatic heterocycles. The van der Waals surface area contributed by atoms with Crippen LogP contribution in [0.15, 0.2) is 54.2 Å². The van der Waals surface area contributed by atoms with Gasteiger partial charge in [-0.25, -0.2) is 9.37 Å². The summed E-state index contributed by atoms with van der Waals surface area (Å²) < 4.78 is 21.0. The van der Waals surface area contributed by atoms with E-state index in [-0.39, 0.29) is 11.3 Å². The fourth-order valence-corrected chi connectivity index (χ4v) is 4.38. The molecule has 0 radical (unpaired) electrons. The monoisotopic (exact) mass is 453 g/mol. The Morgan fingerprint density at radius 1 is 1.25 bits per heavy atom. The van der Waals surface area contributed by atoms with Crippen LogP contribution in [0.3, 0.4) is 0 Å². The average Bonchev–Trinajstić information content (AvgIpc) is 3.46. The lowest BCUT2D eigenvalue weighted by atomic mass is 10.0. The summed E-state index contributed by atoms with van der Waals surface area (Å²) in [5.74, 6) is -1.24. The second kappa shape index (κ2) is 8.56. The van der Waals surface area contributed by atoms with E-state index >= 15 is 0 Å². The molecule has 0 unspecified atom stereocenters. The summed E-state index contributed by atoms with van der Waals surface area (Å²) >= 11 is 1.26. The third-order valence-electron chi connectivity index (χ3n) is 5.34. The molecule has 10 heteroatoms. The maximum Gasteiger partial charge on any atom is 0.255 e. The molecule has 1 atom stereocenters. The molecule has 1 saturated heterocycles. The number of nitrogens with zero attached hydrogens (tertiary/aromatic N) is 4. The van der Waals surface area contributed by atoms with Crippen molar-refractivity contribution in [2.24, 2.45) is 0 Å². The Hall–Kier alpha value is -3.50. The summed E-state index contributed by atoms with van der Waals surface area (Å²) in [5, 5.41) is 20.9. The maximum absolute atomic E-state index is 14.1. The molecule has 32 heavy (non-hydrogen) atoms. The van der Waals surface area contributed by atoms with Crippen LogP contribution in [-0.4, -0.2) is 52.1 Å². The molecule has 0 aliphatic carbocycles. The normalized spacial score (nSPS) is 15.1. The number of fused-ring (bicyclic) bond motifs is 1. The fourth-order valence-electron chi connectivity index (χ4n) is 3.85. The van der Waals surface area contributed by atoms with Crippen molar-refractivity contribution in [3.05, 3.63) is 65.6 Å². The highest BCUT2D eigenvalue weighted by Gasteiger charge is 2.28. The lowest BCUT2D eigenvalue weighted by Gasteiger charge is -2.28. The molecule has 2 N–H and O–H groups in total. The number of aromatic hydroxyl groups is 1. The molecule has 1 aliphatic rings. The van der Waals surface area contributed by atoms with Gasteiger partial charge in [0.05, 0.1) is 18.9 Å². The van der Waals surface area contributed by atoms with E-state index in [9.17, 15) is 14.3 Å². The summed E-state index contributed by atoms with van der Waals surface area (Å²) in [4.78, 5) is 19.5. The first-order valence-corrected chi connectivity index (χ1v) is 11.0. The Balaban J connectivity index is 1.60. The first-order chi connectivity index (χ1) is 15.6. The Kier molecular flexibility index (Phi) is 5.46. The number of phenols is 1. The van der Waals surface area contributed by atoms with Crippen LogP contribution in [0.1, 0.15) is 11.6 Å². The molecule has 4 aromatic rings. The predicted octanol–water partition coefficient (Wildman–Crippen LogP) is 3.40. The Morgan fingerprint density at radius 2 is 2.09 bits per heavy atom. The smallest absolute Gasteiger partial charge is 0.255 e. The van der Waals surface area contributed by atoms with Gasteiger partial charge in [-0.3, -0.25) is 14.8 Å². The van der Waals surface area contributed by atoms with E-state index in [1.165, 1.54) is 22.1 Å². The first-order valence-electron chi connectivity index (χ1n) is 10.1. The first kappa shape index (κ1) is 20.4. The number of anilines is 2. The number of carbonyl (C=O) groups is 1. The van der Waals surface area contributed by atoms with Gasteiger partial charge < -0.3 is 14.7 Å². The number of nitrogens with one attached hydrogen (secondary N) is 1. The van der Waals surface area contributed by atoms with E-state index in [0.717, 1.165) is 41.8 Å². The minimum atomic E-state index is -1.10. The molecular formula is C22H20FN5O3S. The maximum atomic E-state index is 14.1. The zero-order chi connectivity index (χ0) is 22.1. The largest absolute Gasteiger partial charge is 0.508 e. The number of benzene rings is 2. The molecule has 1 aliphatic heterocycles. The number of halogens is 1. The number of hydrogen-bond acceptors (Lipinski definition) is 7. The summed E-state index contributed by atoms with van der Waals surface area (Å²) in [7, 11) is 0. The van der Waals surface area contributed by atoms with Crippen LogP contribution in [0, 0.1) is 5.82 Å². The van der Waals surface area contributed by atoms with E-state index in [1.807, 2.05) is 18.2 Å². The summed E-state index contributed by atoms with van der Waals surface area (Å²) in [6.07, 6.45) is 3.31. The highest BCUT2D eigenvalue weighted by Crippen LogP contribution is 2.32. The number of ether oxygens (including phenoxy) is 1. The van der Waals surface area contributed by atoms with Crippen molar-refractivity contribution in [1.29, 1.82) is 0 Å². The zero-order valence-corrected chi connectivity index (χ0v) is 17.8. The van der Waals surface area contributed by atoms with Gasteiger partial charge in [0.25, 0.3) is 5.91 Å². The van der Waals surface area contributed by atoms with Crippen molar-refractivity contribution < 1.29 is 19.0 Å². The van der Waals surface area contributed by atoms with Gasteiger partial charge in [-0.05, 0) is 24.3 Å². The van der Waals surface area contributed by atoms with Crippen LogP contribution in [0.2, 0.25) is 0 Å². The molecule has 8 nitrogen and oxygen atoms in total. The van der Waals surface area contributed by atoms with Crippen molar-refractivity contribution in [3.63, 3.8) is 0 Å². The van der Waals surface area contributed by atoms with E-state index in [2.05, 4.69) is 15.2 Å². The van der Waals surface area contributed by atoms with Crippen LogP contribution >= 0.6 is 11.3 Å². The highest BCUT2D eigenvalue weighted by atomic mass is 32.1. The number of amides is 1. The molecule has 0 spiro atoms. The standard InChI is InChI=1S/C22H20FN5O3S/c23-15-4-5-18(29)16(12-15)20(21(30)25-22-24-6-11-32-22)28-13-14-2-1-3-17(19(14)26-28)27-7-9-31-10-8-27/h1-6,11-13,20,29H,7-10H2,(H,24,25,30)/t20-/m1/s1. The second-order valence-corrected chi connectivity index (χ2v) is 8.25. The molecule has 1 amide bonds. The van der Waals surface area contributed by atoms with Crippen molar-refractivity contribution >= 4 is 39.0 Å². The zero-order valence-electron chi connectivity index (χ0n) is 16.9. The molecule has 5 rings (SSSR count). The quantitative estimate of drug-likeness (QED) is 0.481. The third kappa shape index (κ3) is 3.90. The van der Waals surface area contributed by atoms with Gasteiger partial charge >= 0.3 is 0 Å². The van der Waals surface area contributed by atoms with Crippen molar-refractivity contribution in [2.45, 2.75) is 6.04 Å². The number of phenolic OH excluding ortho intramolecular Hbond substituents is 1. The van der Waals surface area contributed by atoms with Crippen molar-refractivity contribution in [3.8, 4) is 5.75 Å². The summed E-state index contributed by atoms with van der Waals surface area (Å²) in [5.41, 5.74) is 1.77. The summed E-state index contributed by atoms with van der Waals surface area (Å²) in [6.45, 7) is 2.75. The summed E-state index contributed by atoms with van der Waals surface area (Å²) in [6, 6.07) is 8.25. The minimum absolute atomic E-state index is 0.111. The van der Waals surface area contributed by atoms with Gasteiger partial charge in [0.1, 0.15) is 17.1 Å². The highest BCUT2D eigenvalue weighted by molar-refractivity contribution is 7.13. The van der Waals surface area contributed by atoms with Crippen LogP contribution < -0.4 is 10.2 Å². The Bertz CT molecular complexity index is 1250. The van der Waals surface area contributed by atoms with E-state index in [1.54, 1.807) is 17.8 Å². The molecular weight excluding hydrogens is 433 g/mol. The predicted molar refractivity (Wildman–Crippen MR) is 120 cm³/mol. The van der Waals surface area contributed by atoms with Crippen LogP contribution in [0.4, 0.5) is 15.2 Å². The van der Waals surface area contributed by atoms with Gasteiger partial charge in [0.15, 0.2) is 11.2 Å². The van der Waals surface area contributed by atoms with Gasteiger partial charge in [0.2, 0.25) is 0 Å². The molecule has 0 saturated carbocycles. The number of hydrogen-bond donors (Lipinski definition) is 2. The molecule has 164 valence electrons. The van der Waals surface area contributed by atoms with E-state index < -0.39 is 17.8 Å². The van der Waals surface area contributed by atoms with Gasteiger partial charge in [-0.2, -0.15) is 5.10 Å². The Labute approximate surface area is 186 Å². The molecule has 3 heterocycles. The minimum Gasteiger partial charge on any atom is -0.508 e. The lowest BCUT2D eigenvalue weighted by Crippen LogP contribution is -2.36. The average molecular weight is 453 g/mol. The van der Waals surface area contributed by atoms with Crippen molar-refractivity contribution in [2.75, 3.05) is 36.5 Å². The third-order valence-corrected chi connectivity index (χ3v) is 6.03. The number of morpholine rings is 1. The molecule has 1 fully saturated rings.